The van der Waals surface area contributed by atoms with Crippen molar-refractivity contribution < 1.29 is 4.42 Å². The Morgan fingerprint density at radius 1 is 0.353 bits per heavy atom. The Bertz CT molecular complexity index is 2830. The third kappa shape index (κ3) is 5.06. The van der Waals surface area contributed by atoms with Crippen LogP contribution in [0, 0.1) is 0 Å². The molecule has 3 heteroatoms. The summed E-state index contributed by atoms with van der Waals surface area (Å²) < 4.78 is 6.72. The first-order valence-corrected chi connectivity index (χ1v) is 17.2. The van der Waals surface area contributed by atoms with Crippen LogP contribution in [0.2, 0.25) is 0 Å². The number of benzene rings is 8. The van der Waals surface area contributed by atoms with Crippen LogP contribution in [-0.4, -0.2) is 9.97 Å². The van der Waals surface area contributed by atoms with Gasteiger partial charge in [0.05, 0.1) is 11.4 Å². The van der Waals surface area contributed by atoms with Crippen LogP contribution in [0.5, 0.6) is 0 Å². The summed E-state index contributed by atoms with van der Waals surface area (Å²) in [6.07, 6.45) is 0. The highest BCUT2D eigenvalue weighted by atomic mass is 16.3. The first-order valence-electron chi connectivity index (χ1n) is 17.2. The quantitative estimate of drug-likeness (QED) is 0.186. The molecule has 0 saturated carbocycles. The van der Waals surface area contributed by atoms with Crippen molar-refractivity contribution in [2.45, 2.75) is 0 Å². The van der Waals surface area contributed by atoms with E-state index >= 15 is 0 Å². The molecule has 0 radical (unpaired) electrons. The SMILES string of the molecule is c1ccc(-c2cc(-c3cccc4oc5c6ccccc6c(-c6ccc(-c7ccc8ccccc8c7)cc6)cc5c34)nc(-c3ccccc3)n2)cc1. The molecule has 0 fully saturated rings. The number of aromatic nitrogens is 2. The van der Waals surface area contributed by atoms with Crippen molar-refractivity contribution in [3.63, 3.8) is 0 Å². The van der Waals surface area contributed by atoms with Crippen molar-refractivity contribution in [2.24, 2.45) is 0 Å². The van der Waals surface area contributed by atoms with Crippen molar-refractivity contribution in [1.29, 1.82) is 0 Å². The van der Waals surface area contributed by atoms with Gasteiger partial charge in [-0.15, -0.1) is 0 Å². The van der Waals surface area contributed by atoms with E-state index in [-0.39, 0.29) is 0 Å². The monoisotopic (exact) mass is 650 g/mol. The summed E-state index contributed by atoms with van der Waals surface area (Å²) in [5.74, 6) is 0.689. The van der Waals surface area contributed by atoms with Crippen LogP contribution in [-0.2, 0) is 0 Å². The summed E-state index contributed by atoms with van der Waals surface area (Å²) in [5.41, 5.74) is 11.2. The van der Waals surface area contributed by atoms with Crippen LogP contribution in [0.4, 0.5) is 0 Å². The van der Waals surface area contributed by atoms with E-state index in [0.29, 0.717) is 5.82 Å². The molecule has 8 aromatic carbocycles. The zero-order valence-electron chi connectivity index (χ0n) is 27.6. The van der Waals surface area contributed by atoms with Crippen molar-refractivity contribution in [1.82, 2.24) is 9.97 Å². The Morgan fingerprint density at radius 2 is 1.00 bits per heavy atom. The molecule has 3 nitrogen and oxygen atoms in total. The summed E-state index contributed by atoms with van der Waals surface area (Å²) >= 11 is 0. The van der Waals surface area contributed by atoms with Gasteiger partial charge >= 0.3 is 0 Å². The predicted octanol–water partition coefficient (Wildman–Crippen LogP) is 13.0. The predicted molar refractivity (Wildman–Crippen MR) is 212 cm³/mol. The summed E-state index contributed by atoms with van der Waals surface area (Å²) in [6, 6.07) is 63.8. The van der Waals surface area contributed by atoms with Crippen LogP contribution >= 0.6 is 0 Å². The Labute approximate surface area is 295 Å². The maximum atomic E-state index is 6.72. The molecule has 238 valence electrons. The lowest BCUT2D eigenvalue weighted by Gasteiger charge is -2.11. The van der Waals surface area contributed by atoms with Crippen LogP contribution in [0.15, 0.2) is 186 Å². The van der Waals surface area contributed by atoms with Gasteiger partial charge in [-0.05, 0) is 62.7 Å². The molecular formula is C48H30N2O. The molecule has 10 aromatic rings. The average Bonchev–Trinajstić information content (AvgIpc) is 3.60. The van der Waals surface area contributed by atoms with Crippen molar-refractivity contribution in [3.8, 4) is 56.2 Å². The van der Waals surface area contributed by atoms with Gasteiger partial charge in [-0.25, -0.2) is 9.97 Å². The number of furan rings is 1. The van der Waals surface area contributed by atoms with Gasteiger partial charge in [0, 0.05) is 32.8 Å². The van der Waals surface area contributed by atoms with Gasteiger partial charge in [0.1, 0.15) is 11.2 Å². The second-order valence-electron chi connectivity index (χ2n) is 13.0. The highest BCUT2D eigenvalue weighted by Gasteiger charge is 2.20. The van der Waals surface area contributed by atoms with Gasteiger partial charge in [0.15, 0.2) is 5.82 Å². The number of fused-ring (bicyclic) bond motifs is 6. The fourth-order valence-electron chi connectivity index (χ4n) is 7.37. The minimum absolute atomic E-state index is 0.689. The number of hydrogen-bond acceptors (Lipinski definition) is 3. The van der Waals surface area contributed by atoms with Crippen LogP contribution in [0.25, 0.3) is 99.6 Å². The number of hydrogen-bond donors (Lipinski definition) is 0. The standard InChI is InChI=1S/C48H30N2O/c1-3-13-34(14-4-1)43-30-44(50-48(49-43)35-15-5-2-6-16-35)40-20-11-21-45-46(40)42-29-41(38-18-9-10-19-39(38)47(42)51-45)33-25-22-32(23-26-33)37-27-24-31-12-7-8-17-36(31)28-37/h1-30H. The van der Waals surface area contributed by atoms with Gasteiger partial charge in [-0.3, -0.25) is 0 Å². The van der Waals surface area contributed by atoms with Gasteiger partial charge in [0.2, 0.25) is 0 Å². The first kappa shape index (κ1) is 29.1. The minimum Gasteiger partial charge on any atom is -0.455 e. The van der Waals surface area contributed by atoms with Gasteiger partial charge in [-0.2, -0.15) is 0 Å². The van der Waals surface area contributed by atoms with E-state index in [2.05, 4.69) is 146 Å². The summed E-state index contributed by atoms with van der Waals surface area (Å²) in [5, 5.41) is 6.85. The van der Waals surface area contributed by atoms with Gasteiger partial charge < -0.3 is 4.42 Å². The van der Waals surface area contributed by atoms with E-state index in [1.807, 2.05) is 36.4 Å². The Hall–Kier alpha value is -6.84. The van der Waals surface area contributed by atoms with Crippen LogP contribution < -0.4 is 0 Å². The summed E-state index contributed by atoms with van der Waals surface area (Å²) in [4.78, 5) is 10.2. The molecule has 0 saturated heterocycles. The smallest absolute Gasteiger partial charge is 0.160 e. The highest BCUT2D eigenvalue weighted by Crippen LogP contribution is 2.43. The van der Waals surface area contributed by atoms with Crippen LogP contribution in [0.1, 0.15) is 0 Å². The second-order valence-corrected chi connectivity index (χ2v) is 13.0. The summed E-state index contributed by atoms with van der Waals surface area (Å²) in [6.45, 7) is 0. The topological polar surface area (TPSA) is 38.9 Å². The molecule has 0 unspecified atom stereocenters. The molecule has 0 aliphatic heterocycles. The lowest BCUT2D eigenvalue weighted by atomic mass is 9.93. The fourth-order valence-corrected chi connectivity index (χ4v) is 7.37. The Kier molecular flexibility index (Phi) is 6.81. The molecule has 2 heterocycles. The minimum atomic E-state index is 0.689. The molecule has 0 aliphatic carbocycles. The summed E-state index contributed by atoms with van der Waals surface area (Å²) in [7, 11) is 0. The van der Waals surface area contributed by atoms with E-state index < -0.39 is 0 Å². The largest absolute Gasteiger partial charge is 0.455 e. The average molecular weight is 651 g/mol. The van der Waals surface area contributed by atoms with Gasteiger partial charge in [-0.1, -0.05) is 158 Å². The molecule has 0 N–H and O–H groups in total. The van der Waals surface area contributed by atoms with Crippen molar-refractivity contribution >= 4 is 43.5 Å². The molecule has 0 aliphatic rings. The number of rotatable bonds is 5. The molecule has 0 atom stereocenters. The third-order valence-corrected chi connectivity index (χ3v) is 9.89. The molecule has 0 bridgehead atoms. The maximum absolute atomic E-state index is 6.72. The molecule has 10 rings (SSSR count). The zero-order chi connectivity index (χ0) is 33.7. The van der Waals surface area contributed by atoms with E-state index in [1.54, 1.807) is 0 Å². The fraction of sp³-hybridized carbons (Fsp3) is 0. The van der Waals surface area contributed by atoms with Crippen molar-refractivity contribution in [2.75, 3.05) is 0 Å². The van der Waals surface area contributed by atoms with Crippen molar-refractivity contribution in [3.05, 3.63) is 182 Å². The Balaban J connectivity index is 1.17. The van der Waals surface area contributed by atoms with E-state index in [0.717, 1.165) is 66.4 Å². The highest BCUT2D eigenvalue weighted by molar-refractivity contribution is 6.22. The second kappa shape index (κ2) is 11.9. The van der Waals surface area contributed by atoms with E-state index in [4.69, 9.17) is 14.4 Å². The van der Waals surface area contributed by atoms with Crippen LogP contribution in [0.3, 0.4) is 0 Å². The lowest BCUT2D eigenvalue weighted by molar-refractivity contribution is 0.673. The van der Waals surface area contributed by atoms with Gasteiger partial charge in [0.25, 0.3) is 0 Å². The molecule has 51 heavy (non-hydrogen) atoms. The molecule has 2 aromatic heterocycles. The Morgan fingerprint density at radius 3 is 1.80 bits per heavy atom. The number of nitrogens with zero attached hydrogens (tertiary/aromatic N) is 2. The third-order valence-electron chi connectivity index (χ3n) is 9.89. The lowest BCUT2D eigenvalue weighted by Crippen LogP contribution is -1.96. The molecule has 0 spiro atoms. The normalized spacial score (nSPS) is 11.5. The zero-order valence-corrected chi connectivity index (χ0v) is 27.6. The van der Waals surface area contributed by atoms with E-state index in [1.165, 1.54) is 27.5 Å². The molecular weight excluding hydrogens is 621 g/mol. The maximum Gasteiger partial charge on any atom is 0.160 e. The first-order chi connectivity index (χ1) is 25.3. The van der Waals surface area contributed by atoms with E-state index in [9.17, 15) is 0 Å². The molecule has 0 amide bonds.